The van der Waals surface area contributed by atoms with Crippen molar-refractivity contribution in [1.82, 2.24) is 10.2 Å². The lowest BCUT2D eigenvalue weighted by Gasteiger charge is -2.21. The molecule has 0 aliphatic heterocycles. The third kappa shape index (κ3) is 6.71. The molecule has 1 amide bonds. The number of carbonyl (C=O) groups excluding carboxylic acids is 1. The fourth-order valence-electron chi connectivity index (χ4n) is 2.49. The van der Waals surface area contributed by atoms with E-state index in [9.17, 15) is 4.79 Å². The van der Waals surface area contributed by atoms with Crippen molar-refractivity contribution in [3.05, 3.63) is 70.7 Å². The number of nitrogens with zero attached hydrogens (tertiary/aromatic N) is 1. The number of carbonyl (C=O) groups is 1. The average Bonchev–Trinajstić information content (AvgIpc) is 2.59. The molecule has 128 valence electrons. The van der Waals surface area contributed by atoms with Gasteiger partial charge in [0, 0.05) is 31.2 Å². The van der Waals surface area contributed by atoms with Gasteiger partial charge in [0.05, 0.1) is 6.54 Å². The summed E-state index contributed by atoms with van der Waals surface area (Å²) in [5.41, 5.74) is 7.92. The van der Waals surface area contributed by atoms with E-state index in [0.717, 1.165) is 18.5 Å². The van der Waals surface area contributed by atoms with E-state index >= 15 is 0 Å². The topological polar surface area (TPSA) is 58.4 Å². The molecule has 0 saturated carbocycles. The molecule has 0 aliphatic carbocycles. The molecule has 0 saturated heterocycles. The van der Waals surface area contributed by atoms with Gasteiger partial charge in [-0.1, -0.05) is 54.1 Å². The number of hydrogen-bond acceptors (Lipinski definition) is 3. The van der Waals surface area contributed by atoms with Crippen LogP contribution in [0.2, 0.25) is 5.02 Å². The SMILES string of the molecule is NCCN(CCc1ccccc1)CC(=O)NCc1cccc(Cl)c1. The molecular weight excluding hydrogens is 322 g/mol. The van der Waals surface area contributed by atoms with Crippen LogP contribution in [0.5, 0.6) is 0 Å². The van der Waals surface area contributed by atoms with Gasteiger partial charge in [-0.25, -0.2) is 0 Å². The van der Waals surface area contributed by atoms with Crippen molar-refractivity contribution < 1.29 is 4.79 Å². The third-order valence-corrected chi connectivity index (χ3v) is 3.99. The normalized spacial score (nSPS) is 10.8. The zero-order valence-electron chi connectivity index (χ0n) is 13.7. The summed E-state index contributed by atoms with van der Waals surface area (Å²) in [7, 11) is 0. The Balaban J connectivity index is 1.79. The zero-order valence-corrected chi connectivity index (χ0v) is 14.5. The second-order valence-electron chi connectivity index (χ2n) is 5.71. The Hall–Kier alpha value is -1.88. The van der Waals surface area contributed by atoms with Crippen LogP contribution < -0.4 is 11.1 Å². The average molecular weight is 346 g/mol. The molecule has 0 unspecified atom stereocenters. The van der Waals surface area contributed by atoms with E-state index in [1.807, 2.05) is 42.5 Å². The Bertz CT molecular complexity index is 634. The molecule has 2 aromatic carbocycles. The number of nitrogens with two attached hydrogens (primary N) is 1. The van der Waals surface area contributed by atoms with Crippen LogP contribution in [0.1, 0.15) is 11.1 Å². The van der Waals surface area contributed by atoms with Gasteiger partial charge in [0.2, 0.25) is 5.91 Å². The summed E-state index contributed by atoms with van der Waals surface area (Å²) in [5.74, 6) is -0.00325. The zero-order chi connectivity index (χ0) is 17.2. The maximum Gasteiger partial charge on any atom is 0.234 e. The minimum atomic E-state index is -0.00325. The van der Waals surface area contributed by atoms with Crippen LogP contribution in [0.4, 0.5) is 0 Å². The van der Waals surface area contributed by atoms with Gasteiger partial charge >= 0.3 is 0 Å². The highest BCUT2D eigenvalue weighted by atomic mass is 35.5. The maximum absolute atomic E-state index is 12.2. The highest BCUT2D eigenvalue weighted by Crippen LogP contribution is 2.10. The molecule has 4 nitrogen and oxygen atoms in total. The molecule has 0 spiro atoms. The molecule has 24 heavy (non-hydrogen) atoms. The largest absolute Gasteiger partial charge is 0.351 e. The Kier molecular flexibility index (Phi) is 7.75. The first-order valence-corrected chi connectivity index (χ1v) is 8.52. The molecule has 0 aromatic heterocycles. The second kappa shape index (κ2) is 10.1. The number of rotatable bonds is 9. The first-order chi connectivity index (χ1) is 11.7. The molecule has 0 radical (unpaired) electrons. The molecule has 0 fully saturated rings. The van der Waals surface area contributed by atoms with Gasteiger partial charge < -0.3 is 11.1 Å². The molecule has 3 N–H and O–H groups in total. The Morgan fingerprint density at radius 2 is 1.79 bits per heavy atom. The van der Waals surface area contributed by atoms with Gasteiger partial charge in [-0.15, -0.1) is 0 Å². The molecule has 0 bridgehead atoms. The van der Waals surface area contributed by atoms with Gasteiger partial charge in [-0.3, -0.25) is 9.69 Å². The number of benzene rings is 2. The lowest BCUT2D eigenvalue weighted by atomic mass is 10.1. The van der Waals surface area contributed by atoms with Crippen LogP contribution >= 0.6 is 11.6 Å². The van der Waals surface area contributed by atoms with E-state index in [-0.39, 0.29) is 5.91 Å². The van der Waals surface area contributed by atoms with Crippen LogP contribution in [0.3, 0.4) is 0 Å². The van der Waals surface area contributed by atoms with E-state index < -0.39 is 0 Å². The summed E-state index contributed by atoms with van der Waals surface area (Å²) < 4.78 is 0. The van der Waals surface area contributed by atoms with Gasteiger partial charge in [0.15, 0.2) is 0 Å². The molecule has 0 heterocycles. The van der Waals surface area contributed by atoms with Crippen LogP contribution in [-0.2, 0) is 17.8 Å². The van der Waals surface area contributed by atoms with Crippen LogP contribution in [0, 0.1) is 0 Å². The summed E-state index contributed by atoms with van der Waals surface area (Å²) in [6, 6.07) is 17.8. The fraction of sp³-hybridized carbons (Fsp3) is 0.316. The van der Waals surface area contributed by atoms with Crippen molar-refractivity contribution in [3.8, 4) is 0 Å². The first kappa shape index (κ1) is 18.5. The minimum absolute atomic E-state index is 0.00325. The smallest absolute Gasteiger partial charge is 0.234 e. The van der Waals surface area contributed by atoms with Gasteiger partial charge in [0.25, 0.3) is 0 Å². The van der Waals surface area contributed by atoms with Crippen LogP contribution in [0.15, 0.2) is 54.6 Å². The molecule has 2 aromatic rings. The Morgan fingerprint density at radius 1 is 1.04 bits per heavy atom. The van der Waals surface area contributed by atoms with Crippen molar-refractivity contribution in [3.63, 3.8) is 0 Å². The van der Waals surface area contributed by atoms with Crippen LogP contribution in [0.25, 0.3) is 0 Å². The highest BCUT2D eigenvalue weighted by Gasteiger charge is 2.10. The molecular formula is C19H24ClN3O. The third-order valence-electron chi connectivity index (χ3n) is 3.75. The van der Waals surface area contributed by atoms with E-state index in [1.54, 1.807) is 0 Å². The molecule has 2 rings (SSSR count). The predicted molar refractivity (Wildman–Crippen MR) is 98.9 cm³/mol. The van der Waals surface area contributed by atoms with Crippen molar-refractivity contribution in [2.75, 3.05) is 26.2 Å². The quantitative estimate of drug-likeness (QED) is 0.734. The summed E-state index contributed by atoms with van der Waals surface area (Å²) in [6.45, 7) is 2.89. The standard InChI is InChI=1S/C19H24ClN3O/c20-18-8-4-7-17(13-18)14-22-19(24)15-23(12-10-21)11-9-16-5-2-1-3-6-16/h1-8,13H,9-12,14-15,21H2,(H,22,24). The van der Waals surface area contributed by atoms with Crippen molar-refractivity contribution in [2.24, 2.45) is 5.73 Å². The number of hydrogen-bond donors (Lipinski definition) is 2. The van der Waals surface area contributed by atoms with E-state index in [4.69, 9.17) is 17.3 Å². The monoisotopic (exact) mass is 345 g/mol. The van der Waals surface area contributed by atoms with Gasteiger partial charge in [-0.05, 0) is 29.7 Å². The minimum Gasteiger partial charge on any atom is -0.351 e. The Labute approximate surface area is 148 Å². The van der Waals surface area contributed by atoms with E-state index in [2.05, 4.69) is 22.3 Å². The predicted octanol–water partition coefficient (Wildman–Crippen LogP) is 2.46. The van der Waals surface area contributed by atoms with Gasteiger partial charge in [-0.2, -0.15) is 0 Å². The number of halogens is 1. The molecule has 0 atom stereocenters. The van der Waals surface area contributed by atoms with Crippen molar-refractivity contribution in [2.45, 2.75) is 13.0 Å². The summed E-state index contributed by atoms with van der Waals surface area (Å²) in [6.07, 6.45) is 0.905. The van der Waals surface area contributed by atoms with Crippen LogP contribution in [-0.4, -0.2) is 37.0 Å². The first-order valence-electron chi connectivity index (χ1n) is 8.15. The fourth-order valence-corrected chi connectivity index (χ4v) is 2.70. The summed E-state index contributed by atoms with van der Waals surface area (Å²) >= 11 is 5.95. The second-order valence-corrected chi connectivity index (χ2v) is 6.14. The summed E-state index contributed by atoms with van der Waals surface area (Å²) in [4.78, 5) is 14.3. The highest BCUT2D eigenvalue weighted by molar-refractivity contribution is 6.30. The van der Waals surface area contributed by atoms with Crippen molar-refractivity contribution in [1.29, 1.82) is 0 Å². The molecule has 0 aliphatic rings. The summed E-state index contributed by atoms with van der Waals surface area (Å²) in [5, 5.41) is 3.61. The maximum atomic E-state index is 12.2. The number of amides is 1. The number of nitrogens with one attached hydrogen (secondary N) is 1. The Morgan fingerprint density at radius 3 is 2.50 bits per heavy atom. The lowest BCUT2D eigenvalue weighted by molar-refractivity contribution is -0.122. The lowest BCUT2D eigenvalue weighted by Crippen LogP contribution is -2.40. The van der Waals surface area contributed by atoms with Crippen molar-refractivity contribution >= 4 is 17.5 Å². The van der Waals surface area contributed by atoms with Gasteiger partial charge in [0.1, 0.15) is 0 Å². The van der Waals surface area contributed by atoms with E-state index in [1.165, 1.54) is 5.56 Å². The van der Waals surface area contributed by atoms with E-state index in [0.29, 0.717) is 31.2 Å². The molecule has 5 heteroatoms.